The smallest absolute Gasteiger partial charge is 0.314 e. The van der Waals surface area contributed by atoms with Crippen LogP contribution in [-0.4, -0.2) is 24.0 Å². The fourth-order valence-corrected chi connectivity index (χ4v) is 1.96. The van der Waals surface area contributed by atoms with E-state index in [1.807, 2.05) is 18.2 Å². The quantitative estimate of drug-likeness (QED) is 0.717. The van der Waals surface area contributed by atoms with Gasteiger partial charge in [-0.3, -0.25) is 0 Å². The van der Waals surface area contributed by atoms with Crippen LogP contribution in [0.1, 0.15) is 17.9 Å². The summed E-state index contributed by atoms with van der Waals surface area (Å²) < 4.78 is 0. The third-order valence-electron chi connectivity index (χ3n) is 2.77. The Morgan fingerprint density at radius 3 is 2.64 bits per heavy atom. The number of nitrogens with zero attached hydrogens (tertiary/aromatic N) is 1. The Bertz CT molecular complexity index is 323. The van der Waals surface area contributed by atoms with Crippen molar-refractivity contribution in [1.82, 2.24) is 4.90 Å². The van der Waals surface area contributed by atoms with Gasteiger partial charge in [0.05, 0.1) is 0 Å². The number of carbonyl (C=O) groups excluding carboxylic acids is 1. The topological polar surface area (TPSA) is 46.3 Å². The number of likely N-dealkylation sites (tertiary alicyclic amines) is 1. The van der Waals surface area contributed by atoms with Crippen molar-refractivity contribution in [3.63, 3.8) is 0 Å². The van der Waals surface area contributed by atoms with E-state index in [2.05, 4.69) is 12.1 Å². The Kier molecular flexibility index (Phi) is 2.39. The standard InChI is InChI=1S/C11H14N2O/c12-11(14)13-7-6-10(8-13)9-4-2-1-3-5-9/h1-5,10H,6-8H2,(H2,12,14). The van der Waals surface area contributed by atoms with E-state index in [0.717, 1.165) is 19.5 Å². The zero-order valence-corrected chi connectivity index (χ0v) is 8.02. The van der Waals surface area contributed by atoms with E-state index in [9.17, 15) is 4.79 Å². The fraction of sp³-hybridized carbons (Fsp3) is 0.364. The molecule has 1 aliphatic heterocycles. The third kappa shape index (κ3) is 1.71. The van der Waals surface area contributed by atoms with E-state index in [0.29, 0.717) is 5.92 Å². The van der Waals surface area contributed by atoms with Crippen LogP contribution < -0.4 is 5.73 Å². The molecule has 0 saturated carbocycles. The maximum absolute atomic E-state index is 10.9. The lowest BCUT2D eigenvalue weighted by Crippen LogP contribution is -2.33. The van der Waals surface area contributed by atoms with E-state index < -0.39 is 0 Å². The molecule has 0 aliphatic carbocycles. The molecular formula is C11H14N2O. The Morgan fingerprint density at radius 1 is 1.36 bits per heavy atom. The highest BCUT2D eigenvalue weighted by Crippen LogP contribution is 2.26. The molecule has 2 amide bonds. The van der Waals surface area contributed by atoms with Crippen molar-refractivity contribution in [1.29, 1.82) is 0 Å². The Hall–Kier alpha value is -1.51. The normalized spacial score (nSPS) is 21.1. The summed E-state index contributed by atoms with van der Waals surface area (Å²) in [6.07, 6.45) is 1.02. The van der Waals surface area contributed by atoms with Crippen molar-refractivity contribution in [2.75, 3.05) is 13.1 Å². The van der Waals surface area contributed by atoms with Gasteiger partial charge in [0.1, 0.15) is 0 Å². The molecule has 0 radical (unpaired) electrons. The number of urea groups is 1. The van der Waals surface area contributed by atoms with Gasteiger partial charge >= 0.3 is 6.03 Å². The lowest BCUT2D eigenvalue weighted by atomic mass is 9.99. The first-order valence-electron chi connectivity index (χ1n) is 4.86. The van der Waals surface area contributed by atoms with Crippen molar-refractivity contribution in [2.45, 2.75) is 12.3 Å². The summed E-state index contributed by atoms with van der Waals surface area (Å²) in [5.74, 6) is 0.462. The minimum atomic E-state index is -0.302. The van der Waals surface area contributed by atoms with Gasteiger partial charge in [0.15, 0.2) is 0 Å². The third-order valence-corrected chi connectivity index (χ3v) is 2.77. The number of amides is 2. The first kappa shape index (κ1) is 9.06. The Morgan fingerprint density at radius 2 is 2.07 bits per heavy atom. The average Bonchev–Trinajstić information content (AvgIpc) is 2.68. The van der Waals surface area contributed by atoms with E-state index in [1.165, 1.54) is 5.56 Å². The van der Waals surface area contributed by atoms with Crippen LogP contribution in [0.2, 0.25) is 0 Å². The number of benzene rings is 1. The summed E-state index contributed by atoms with van der Waals surface area (Å²) in [6, 6.07) is 9.97. The Balaban J connectivity index is 2.06. The summed E-state index contributed by atoms with van der Waals surface area (Å²) in [5, 5.41) is 0. The molecule has 0 bridgehead atoms. The molecule has 0 aromatic heterocycles. The summed E-state index contributed by atoms with van der Waals surface area (Å²) in [5.41, 5.74) is 6.53. The van der Waals surface area contributed by atoms with Crippen LogP contribution in [0.25, 0.3) is 0 Å². The molecule has 1 fully saturated rings. The van der Waals surface area contributed by atoms with Gasteiger partial charge in [0, 0.05) is 19.0 Å². The van der Waals surface area contributed by atoms with Crippen molar-refractivity contribution < 1.29 is 4.79 Å². The summed E-state index contributed by atoms with van der Waals surface area (Å²) in [6.45, 7) is 1.55. The monoisotopic (exact) mass is 190 g/mol. The van der Waals surface area contributed by atoms with Crippen LogP contribution in [0.15, 0.2) is 30.3 Å². The zero-order valence-electron chi connectivity index (χ0n) is 8.02. The van der Waals surface area contributed by atoms with Gasteiger partial charge in [-0.25, -0.2) is 4.79 Å². The van der Waals surface area contributed by atoms with Crippen LogP contribution >= 0.6 is 0 Å². The molecule has 1 heterocycles. The van der Waals surface area contributed by atoms with E-state index in [1.54, 1.807) is 4.90 Å². The molecule has 1 aromatic rings. The van der Waals surface area contributed by atoms with Gasteiger partial charge in [-0.1, -0.05) is 30.3 Å². The molecule has 3 heteroatoms. The predicted molar refractivity (Wildman–Crippen MR) is 55.0 cm³/mol. The van der Waals surface area contributed by atoms with Crippen LogP contribution in [0, 0.1) is 0 Å². The molecule has 1 aromatic carbocycles. The lowest BCUT2D eigenvalue weighted by Gasteiger charge is -2.13. The zero-order chi connectivity index (χ0) is 9.97. The largest absolute Gasteiger partial charge is 0.351 e. The van der Waals surface area contributed by atoms with E-state index in [4.69, 9.17) is 5.73 Å². The summed E-state index contributed by atoms with van der Waals surface area (Å²) in [4.78, 5) is 12.6. The predicted octanol–water partition coefficient (Wildman–Crippen LogP) is 1.55. The van der Waals surface area contributed by atoms with E-state index in [-0.39, 0.29) is 6.03 Å². The van der Waals surface area contributed by atoms with Crippen molar-refractivity contribution in [3.05, 3.63) is 35.9 Å². The van der Waals surface area contributed by atoms with Gasteiger partial charge in [0.2, 0.25) is 0 Å². The van der Waals surface area contributed by atoms with Gasteiger partial charge in [-0.05, 0) is 12.0 Å². The van der Waals surface area contributed by atoms with Gasteiger partial charge in [-0.15, -0.1) is 0 Å². The first-order valence-corrected chi connectivity index (χ1v) is 4.86. The highest BCUT2D eigenvalue weighted by atomic mass is 16.2. The molecule has 1 unspecified atom stereocenters. The van der Waals surface area contributed by atoms with Crippen LogP contribution in [0.3, 0.4) is 0 Å². The fourth-order valence-electron chi connectivity index (χ4n) is 1.96. The second-order valence-corrected chi connectivity index (χ2v) is 3.68. The SMILES string of the molecule is NC(=O)N1CCC(c2ccccc2)C1. The Labute approximate surface area is 83.5 Å². The molecule has 3 nitrogen and oxygen atoms in total. The molecule has 14 heavy (non-hydrogen) atoms. The highest BCUT2D eigenvalue weighted by Gasteiger charge is 2.25. The number of hydrogen-bond acceptors (Lipinski definition) is 1. The minimum absolute atomic E-state index is 0.302. The highest BCUT2D eigenvalue weighted by molar-refractivity contribution is 5.72. The molecule has 1 atom stereocenters. The minimum Gasteiger partial charge on any atom is -0.351 e. The number of rotatable bonds is 1. The second-order valence-electron chi connectivity index (χ2n) is 3.68. The van der Waals surface area contributed by atoms with Gasteiger partial charge in [-0.2, -0.15) is 0 Å². The van der Waals surface area contributed by atoms with Crippen LogP contribution in [-0.2, 0) is 0 Å². The number of hydrogen-bond donors (Lipinski definition) is 1. The van der Waals surface area contributed by atoms with Crippen molar-refractivity contribution in [3.8, 4) is 0 Å². The molecular weight excluding hydrogens is 176 g/mol. The summed E-state index contributed by atoms with van der Waals surface area (Å²) in [7, 11) is 0. The van der Waals surface area contributed by atoms with Crippen molar-refractivity contribution in [2.24, 2.45) is 5.73 Å². The van der Waals surface area contributed by atoms with Crippen LogP contribution in [0.5, 0.6) is 0 Å². The van der Waals surface area contributed by atoms with E-state index >= 15 is 0 Å². The molecule has 74 valence electrons. The van der Waals surface area contributed by atoms with Gasteiger partial charge in [0.25, 0.3) is 0 Å². The molecule has 1 aliphatic rings. The van der Waals surface area contributed by atoms with Crippen LogP contribution in [0.4, 0.5) is 4.79 Å². The van der Waals surface area contributed by atoms with Crippen molar-refractivity contribution >= 4 is 6.03 Å². The lowest BCUT2D eigenvalue weighted by molar-refractivity contribution is 0.218. The molecule has 1 saturated heterocycles. The molecule has 2 rings (SSSR count). The number of carbonyl (C=O) groups is 1. The molecule has 0 spiro atoms. The second kappa shape index (κ2) is 3.70. The summed E-state index contributed by atoms with van der Waals surface area (Å²) >= 11 is 0. The maximum Gasteiger partial charge on any atom is 0.314 e. The number of nitrogens with two attached hydrogens (primary N) is 1. The first-order chi connectivity index (χ1) is 6.77. The average molecular weight is 190 g/mol. The maximum atomic E-state index is 10.9. The van der Waals surface area contributed by atoms with Gasteiger partial charge < -0.3 is 10.6 Å². The molecule has 2 N–H and O–H groups in total. The number of primary amides is 1.